The summed E-state index contributed by atoms with van der Waals surface area (Å²) in [6.45, 7) is 5.45. The molecule has 2 aromatic carbocycles. The molecule has 1 saturated heterocycles. The van der Waals surface area contributed by atoms with E-state index in [-0.39, 0.29) is 21.3 Å². The number of anilines is 1. The summed E-state index contributed by atoms with van der Waals surface area (Å²) in [4.78, 5) is 5.85. The van der Waals surface area contributed by atoms with Crippen LogP contribution in [0.5, 0.6) is 11.5 Å². The van der Waals surface area contributed by atoms with Crippen molar-refractivity contribution in [3.8, 4) is 11.5 Å². The fraction of sp³-hybridized carbons (Fsp3) is 0.333. The highest BCUT2D eigenvalue weighted by Gasteiger charge is 2.40. The number of nitrogen functional groups attached to an aromatic ring is 1. The van der Waals surface area contributed by atoms with E-state index < -0.39 is 18.0 Å². The van der Waals surface area contributed by atoms with Gasteiger partial charge in [-0.15, -0.1) is 0 Å². The summed E-state index contributed by atoms with van der Waals surface area (Å²) >= 11 is 12.1. The number of benzene rings is 2. The SMILES string of the molecule is CCN1CCC2(CC1)OCc1cc(C(=N)c3cc(O[C@H](N)c4c(Cl)cnc(F)c4Cl)ccc3N)ccc1O2. The van der Waals surface area contributed by atoms with Gasteiger partial charge in [0.25, 0.3) is 0 Å². The van der Waals surface area contributed by atoms with Gasteiger partial charge in [0.15, 0.2) is 6.23 Å². The van der Waals surface area contributed by atoms with Crippen molar-refractivity contribution in [1.82, 2.24) is 9.88 Å². The predicted octanol–water partition coefficient (Wildman–Crippen LogP) is 5.28. The van der Waals surface area contributed by atoms with Gasteiger partial charge in [-0.2, -0.15) is 4.39 Å². The molecule has 8 nitrogen and oxygen atoms in total. The standard InChI is InChI=1S/C27H28Cl2FN5O3/c1-2-35-9-7-27(8-10-35)36-14-16-11-15(3-6-21(16)38-27)24(32)18-12-17(4-5-20(18)31)37-26(33)22-19(28)13-34-25(30)23(22)29/h3-6,11-13,26,32H,2,7-10,14,31,33H2,1H3/t26-/m0/s1. The topological polar surface area (TPSA) is 120 Å². The van der Waals surface area contributed by atoms with Gasteiger partial charge in [0.05, 0.1) is 22.9 Å². The Kier molecular flexibility index (Phi) is 7.48. The van der Waals surface area contributed by atoms with Crippen LogP contribution >= 0.6 is 23.2 Å². The number of hydrogen-bond acceptors (Lipinski definition) is 8. The Bertz CT molecular complexity index is 1380. The van der Waals surface area contributed by atoms with Crippen molar-refractivity contribution < 1.29 is 18.6 Å². The lowest BCUT2D eigenvalue weighted by Gasteiger charge is -2.43. The van der Waals surface area contributed by atoms with Crippen LogP contribution in [0.15, 0.2) is 42.6 Å². The minimum atomic E-state index is -1.17. The Morgan fingerprint density at radius 3 is 2.74 bits per heavy atom. The number of ether oxygens (including phenoxy) is 3. The largest absolute Gasteiger partial charge is 0.471 e. The number of nitrogens with one attached hydrogen (secondary N) is 1. The first-order chi connectivity index (χ1) is 18.2. The molecule has 5 rings (SSSR count). The quantitative estimate of drug-likeness (QED) is 0.162. The van der Waals surface area contributed by atoms with Crippen molar-refractivity contribution in [2.24, 2.45) is 5.73 Å². The fourth-order valence-corrected chi connectivity index (χ4v) is 5.30. The molecule has 2 aliphatic rings. The summed E-state index contributed by atoms with van der Waals surface area (Å²) in [5, 5.41) is 8.60. The van der Waals surface area contributed by atoms with E-state index in [0.29, 0.717) is 29.2 Å². The van der Waals surface area contributed by atoms with Crippen molar-refractivity contribution >= 4 is 34.6 Å². The second kappa shape index (κ2) is 10.7. The number of hydrogen-bond donors (Lipinski definition) is 3. The van der Waals surface area contributed by atoms with Crippen molar-refractivity contribution in [3.63, 3.8) is 0 Å². The predicted molar refractivity (Wildman–Crippen MR) is 144 cm³/mol. The minimum Gasteiger partial charge on any atom is -0.471 e. The molecule has 1 atom stereocenters. The molecule has 1 fully saturated rings. The smallest absolute Gasteiger partial charge is 0.232 e. The van der Waals surface area contributed by atoms with Gasteiger partial charge in [-0.25, -0.2) is 4.98 Å². The maximum atomic E-state index is 13.8. The molecule has 0 unspecified atom stereocenters. The summed E-state index contributed by atoms with van der Waals surface area (Å²) in [5.74, 6) is -0.415. The molecule has 11 heteroatoms. The second-order valence-electron chi connectivity index (χ2n) is 9.35. The zero-order valence-electron chi connectivity index (χ0n) is 20.8. The van der Waals surface area contributed by atoms with Crippen LogP contribution in [0.25, 0.3) is 0 Å². The van der Waals surface area contributed by atoms with Crippen LogP contribution < -0.4 is 20.9 Å². The number of aromatic nitrogens is 1. The third-order valence-corrected chi connectivity index (χ3v) is 7.67. The molecule has 1 aromatic heterocycles. The molecule has 0 bridgehead atoms. The van der Waals surface area contributed by atoms with Crippen molar-refractivity contribution in [2.45, 2.75) is 38.4 Å². The monoisotopic (exact) mass is 559 g/mol. The van der Waals surface area contributed by atoms with E-state index >= 15 is 0 Å². The highest BCUT2D eigenvalue weighted by atomic mass is 35.5. The molecule has 0 amide bonds. The lowest BCUT2D eigenvalue weighted by atomic mass is 9.97. The lowest BCUT2D eigenvalue weighted by Crippen LogP contribution is -2.51. The summed E-state index contributed by atoms with van der Waals surface area (Å²) in [6.07, 6.45) is 1.57. The number of piperidine rings is 1. The normalized spacial score (nSPS) is 17.5. The Morgan fingerprint density at radius 2 is 2.00 bits per heavy atom. The highest BCUT2D eigenvalue weighted by Crippen LogP contribution is 2.38. The van der Waals surface area contributed by atoms with Crippen LogP contribution in [0.1, 0.15) is 48.2 Å². The second-order valence-corrected chi connectivity index (χ2v) is 10.1. The first kappa shape index (κ1) is 26.6. The maximum Gasteiger partial charge on any atom is 0.232 e. The molecule has 3 aromatic rings. The third-order valence-electron chi connectivity index (χ3n) is 7.01. The molecule has 3 heterocycles. The summed E-state index contributed by atoms with van der Waals surface area (Å²) in [7, 11) is 0. The van der Waals surface area contributed by atoms with E-state index in [1.54, 1.807) is 18.2 Å². The Hall–Kier alpha value is -2.95. The minimum absolute atomic E-state index is 0.0714. The van der Waals surface area contributed by atoms with Crippen molar-refractivity contribution in [1.29, 1.82) is 5.41 Å². The average Bonchev–Trinajstić information content (AvgIpc) is 2.92. The third kappa shape index (κ3) is 5.17. The van der Waals surface area contributed by atoms with Crippen LogP contribution in [-0.4, -0.2) is 41.0 Å². The Balaban J connectivity index is 1.34. The molecule has 38 heavy (non-hydrogen) atoms. The molecule has 0 aliphatic carbocycles. The number of fused-ring (bicyclic) bond motifs is 1. The van der Waals surface area contributed by atoms with Crippen LogP contribution in [0.3, 0.4) is 0 Å². The van der Waals surface area contributed by atoms with Crippen molar-refractivity contribution in [3.05, 3.63) is 80.8 Å². The maximum absolute atomic E-state index is 13.8. The average molecular weight is 560 g/mol. The van der Waals surface area contributed by atoms with E-state index in [1.165, 1.54) is 0 Å². The van der Waals surface area contributed by atoms with Gasteiger partial charge in [0.1, 0.15) is 16.5 Å². The summed E-state index contributed by atoms with van der Waals surface area (Å²) < 4.78 is 32.1. The number of likely N-dealkylation sites (tertiary alicyclic amines) is 1. The van der Waals surface area contributed by atoms with Crippen molar-refractivity contribution in [2.75, 3.05) is 25.4 Å². The van der Waals surface area contributed by atoms with Gasteiger partial charge in [-0.05, 0) is 42.9 Å². The van der Waals surface area contributed by atoms with E-state index in [4.69, 9.17) is 54.3 Å². The van der Waals surface area contributed by atoms with Gasteiger partial charge < -0.3 is 24.8 Å². The van der Waals surface area contributed by atoms with E-state index in [0.717, 1.165) is 50.0 Å². The Morgan fingerprint density at radius 1 is 1.24 bits per heavy atom. The molecule has 0 radical (unpaired) electrons. The van der Waals surface area contributed by atoms with Gasteiger partial charge in [-0.1, -0.05) is 30.1 Å². The van der Waals surface area contributed by atoms with Gasteiger partial charge >= 0.3 is 0 Å². The van der Waals surface area contributed by atoms with Crippen LogP contribution in [-0.2, 0) is 11.3 Å². The first-order valence-corrected chi connectivity index (χ1v) is 13.0. The molecule has 2 aliphatic heterocycles. The van der Waals surface area contributed by atoms with E-state index in [1.807, 2.05) is 18.2 Å². The molecular formula is C27H28Cl2FN5O3. The number of halogens is 3. The number of nitrogens with zero attached hydrogens (tertiary/aromatic N) is 2. The molecule has 0 saturated carbocycles. The van der Waals surface area contributed by atoms with Crippen LogP contribution in [0.2, 0.25) is 10.0 Å². The Labute approximate surface area is 230 Å². The number of nitrogens with two attached hydrogens (primary N) is 2. The first-order valence-electron chi connectivity index (χ1n) is 12.3. The summed E-state index contributed by atoms with van der Waals surface area (Å²) in [6, 6.07) is 10.4. The van der Waals surface area contributed by atoms with Gasteiger partial charge in [0, 0.05) is 54.5 Å². The van der Waals surface area contributed by atoms with Crippen LogP contribution in [0.4, 0.5) is 10.1 Å². The molecular weight excluding hydrogens is 532 g/mol. The van der Waals surface area contributed by atoms with Gasteiger partial charge in [-0.3, -0.25) is 11.1 Å². The summed E-state index contributed by atoms with van der Waals surface area (Å²) in [5.41, 5.74) is 14.9. The van der Waals surface area contributed by atoms with Crippen LogP contribution in [0, 0.1) is 11.4 Å². The van der Waals surface area contributed by atoms with E-state index in [9.17, 15) is 4.39 Å². The van der Waals surface area contributed by atoms with E-state index in [2.05, 4.69) is 16.8 Å². The van der Waals surface area contributed by atoms with Gasteiger partial charge in [0.2, 0.25) is 11.7 Å². The number of pyridine rings is 1. The number of rotatable bonds is 6. The lowest BCUT2D eigenvalue weighted by molar-refractivity contribution is -0.227. The fourth-order valence-electron chi connectivity index (χ4n) is 4.75. The molecule has 1 spiro atoms. The zero-order valence-corrected chi connectivity index (χ0v) is 22.3. The zero-order chi connectivity index (χ0) is 27.0. The molecule has 5 N–H and O–H groups in total. The highest BCUT2D eigenvalue weighted by molar-refractivity contribution is 6.35. The molecule has 200 valence electrons.